The van der Waals surface area contributed by atoms with Gasteiger partial charge in [0.15, 0.2) is 0 Å². The molecular weight excluding hydrogens is 204 g/mol. The summed E-state index contributed by atoms with van der Waals surface area (Å²) in [5.41, 5.74) is 5.59. The SMILES string of the molecule is Nc1nc(N2CCOCC2)ncc1Cl. The third-order valence-electron chi connectivity index (χ3n) is 2.05. The molecule has 0 bridgehead atoms. The fraction of sp³-hybridized carbons (Fsp3) is 0.500. The zero-order chi connectivity index (χ0) is 9.97. The largest absolute Gasteiger partial charge is 0.382 e. The Kier molecular flexibility index (Phi) is 2.69. The lowest BCUT2D eigenvalue weighted by molar-refractivity contribution is 0.122. The number of hydrogen-bond acceptors (Lipinski definition) is 5. The Balaban J connectivity index is 2.18. The van der Waals surface area contributed by atoms with Crippen molar-refractivity contribution in [3.63, 3.8) is 0 Å². The van der Waals surface area contributed by atoms with E-state index < -0.39 is 0 Å². The molecule has 0 aromatic carbocycles. The van der Waals surface area contributed by atoms with Crippen LogP contribution in [0, 0.1) is 0 Å². The first-order valence-corrected chi connectivity index (χ1v) is 4.76. The highest BCUT2D eigenvalue weighted by molar-refractivity contribution is 6.32. The van der Waals surface area contributed by atoms with Gasteiger partial charge in [0.2, 0.25) is 5.95 Å². The first-order chi connectivity index (χ1) is 6.77. The summed E-state index contributed by atoms with van der Waals surface area (Å²) in [7, 11) is 0. The van der Waals surface area contributed by atoms with E-state index >= 15 is 0 Å². The van der Waals surface area contributed by atoms with E-state index in [-0.39, 0.29) is 0 Å². The van der Waals surface area contributed by atoms with Crippen molar-refractivity contribution in [2.45, 2.75) is 0 Å². The summed E-state index contributed by atoms with van der Waals surface area (Å²) < 4.78 is 5.22. The van der Waals surface area contributed by atoms with Gasteiger partial charge in [-0.1, -0.05) is 11.6 Å². The van der Waals surface area contributed by atoms with Crippen molar-refractivity contribution in [2.75, 3.05) is 36.9 Å². The zero-order valence-corrected chi connectivity index (χ0v) is 8.37. The van der Waals surface area contributed by atoms with E-state index in [1.165, 1.54) is 6.20 Å². The molecule has 1 aliphatic rings. The quantitative estimate of drug-likeness (QED) is 0.740. The van der Waals surface area contributed by atoms with E-state index in [0.717, 1.165) is 13.1 Å². The first kappa shape index (κ1) is 9.48. The van der Waals surface area contributed by atoms with Crippen molar-refractivity contribution < 1.29 is 4.74 Å². The first-order valence-electron chi connectivity index (χ1n) is 4.38. The van der Waals surface area contributed by atoms with E-state index in [4.69, 9.17) is 22.1 Å². The molecule has 0 spiro atoms. The zero-order valence-electron chi connectivity index (χ0n) is 7.61. The van der Waals surface area contributed by atoms with Crippen molar-refractivity contribution in [3.8, 4) is 0 Å². The Morgan fingerprint density at radius 1 is 1.43 bits per heavy atom. The van der Waals surface area contributed by atoms with Crippen LogP contribution in [0.4, 0.5) is 11.8 Å². The highest BCUT2D eigenvalue weighted by Gasteiger charge is 2.14. The van der Waals surface area contributed by atoms with E-state index in [1.54, 1.807) is 0 Å². The Labute approximate surface area is 86.8 Å². The Morgan fingerprint density at radius 2 is 2.14 bits per heavy atom. The average Bonchev–Trinajstić information content (AvgIpc) is 2.23. The molecule has 0 atom stereocenters. The van der Waals surface area contributed by atoms with Crippen LogP contribution in [0.1, 0.15) is 0 Å². The van der Waals surface area contributed by atoms with Gasteiger partial charge in [0.25, 0.3) is 0 Å². The van der Waals surface area contributed by atoms with Crippen molar-refractivity contribution in [2.24, 2.45) is 0 Å². The summed E-state index contributed by atoms with van der Waals surface area (Å²) in [5.74, 6) is 0.943. The van der Waals surface area contributed by atoms with E-state index in [9.17, 15) is 0 Å². The second-order valence-electron chi connectivity index (χ2n) is 3.00. The number of aromatic nitrogens is 2. The van der Waals surface area contributed by atoms with Crippen LogP contribution in [0.5, 0.6) is 0 Å². The monoisotopic (exact) mass is 214 g/mol. The van der Waals surface area contributed by atoms with Crippen LogP contribution in [-0.2, 0) is 4.74 Å². The summed E-state index contributed by atoms with van der Waals surface area (Å²) in [5, 5.41) is 0.391. The Bertz CT molecular complexity index is 327. The molecule has 1 aromatic heterocycles. The Morgan fingerprint density at radius 3 is 2.79 bits per heavy atom. The molecule has 2 rings (SSSR count). The number of nitrogens with two attached hydrogens (primary N) is 1. The maximum atomic E-state index is 5.73. The van der Waals surface area contributed by atoms with Crippen molar-refractivity contribution >= 4 is 23.4 Å². The predicted molar refractivity (Wildman–Crippen MR) is 54.5 cm³/mol. The molecule has 1 aromatic rings. The van der Waals surface area contributed by atoms with Crippen LogP contribution < -0.4 is 10.6 Å². The lowest BCUT2D eigenvalue weighted by Crippen LogP contribution is -2.37. The summed E-state index contributed by atoms with van der Waals surface area (Å²) in [4.78, 5) is 10.2. The molecule has 5 nitrogen and oxygen atoms in total. The number of anilines is 2. The number of halogens is 1. The summed E-state index contributed by atoms with van der Waals surface area (Å²) in [6.07, 6.45) is 1.52. The molecule has 2 heterocycles. The molecule has 76 valence electrons. The van der Waals surface area contributed by atoms with Crippen LogP contribution in [0.2, 0.25) is 5.02 Å². The summed E-state index contributed by atoms with van der Waals surface area (Å²) in [6, 6.07) is 0. The molecule has 0 aliphatic carbocycles. The van der Waals surface area contributed by atoms with E-state index in [1.807, 2.05) is 4.90 Å². The number of morpholine rings is 1. The predicted octanol–water partition coefficient (Wildman–Crippen LogP) is 0.549. The minimum atomic E-state index is 0.322. The van der Waals surface area contributed by atoms with Gasteiger partial charge in [-0.3, -0.25) is 0 Å². The molecule has 1 aliphatic heterocycles. The highest BCUT2D eigenvalue weighted by Crippen LogP contribution is 2.18. The fourth-order valence-electron chi connectivity index (χ4n) is 1.29. The molecule has 0 unspecified atom stereocenters. The van der Waals surface area contributed by atoms with E-state index in [0.29, 0.717) is 30.0 Å². The number of ether oxygens (including phenoxy) is 1. The standard InChI is InChI=1S/C8H11ClN4O/c9-6-5-11-8(12-7(6)10)13-1-3-14-4-2-13/h5H,1-4H2,(H2,10,11,12). The molecule has 1 saturated heterocycles. The van der Waals surface area contributed by atoms with Gasteiger partial charge in [-0.05, 0) is 0 Å². The molecular formula is C8H11ClN4O. The molecule has 14 heavy (non-hydrogen) atoms. The maximum Gasteiger partial charge on any atom is 0.227 e. The lowest BCUT2D eigenvalue weighted by Gasteiger charge is -2.26. The number of nitrogen functional groups attached to an aromatic ring is 1. The topological polar surface area (TPSA) is 64.3 Å². The smallest absolute Gasteiger partial charge is 0.227 e. The molecule has 2 N–H and O–H groups in total. The van der Waals surface area contributed by atoms with Gasteiger partial charge in [0.1, 0.15) is 10.8 Å². The van der Waals surface area contributed by atoms with Crippen LogP contribution in [0.15, 0.2) is 6.20 Å². The minimum Gasteiger partial charge on any atom is -0.382 e. The minimum absolute atomic E-state index is 0.322. The number of rotatable bonds is 1. The fourth-order valence-corrected chi connectivity index (χ4v) is 1.38. The molecule has 0 amide bonds. The molecule has 1 fully saturated rings. The highest BCUT2D eigenvalue weighted by atomic mass is 35.5. The molecule has 0 radical (unpaired) electrons. The molecule has 0 saturated carbocycles. The Hall–Kier alpha value is -1.07. The van der Waals surface area contributed by atoms with Crippen LogP contribution in [-0.4, -0.2) is 36.3 Å². The normalized spacial score (nSPS) is 17.1. The van der Waals surface area contributed by atoms with Crippen LogP contribution >= 0.6 is 11.6 Å². The number of hydrogen-bond donors (Lipinski definition) is 1. The van der Waals surface area contributed by atoms with Gasteiger partial charge >= 0.3 is 0 Å². The van der Waals surface area contributed by atoms with Gasteiger partial charge in [-0.25, -0.2) is 4.98 Å². The van der Waals surface area contributed by atoms with Gasteiger partial charge in [0.05, 0.1) is 19.4 Å². The summed E-state index contributed by atoms with van der Waals surface area (Å²) >= 11 is 5.73. The van der Waals surface area contributed by atoms with Crippen molar-refractivity contribution in [3.05, 3.63) is 11.2 Å². The second-order valence-corrected chi connectivity index (χ2v) is 3.41. The van der Waals surface area contributed by atoms with Crippen molar-refractivity contribution in [1.29, 1.82) is 0 Å². The van der Waals surface area contributed by atoms with Crippen molar-refractivity contribution in [1.82, 2.24) is 9.97 Å². The number of nitrogens with zero attached hydrogens (tertiary/aromatic N) is 3. The van der Waals surface area contributed by atoms with Crippen LogP contribution in [0.25, 0.3) is 0 Å². The maximum absolute atomic E-state index is 5.73. The second kappa shape index (κ2) is 3.98. The van der Waals surface area contributed by atoms with Gasteiger partial charge in [-0.2, -0.15) is 4.98 Å². The van der Waals surface area contributed by atoms with Crippen LogP contribution in [0.3, 0.4) is 0 Å². The average molecular weight is 215 g/mol. The third-order valence-corrected chi connectivity index (χ3v) is 2.34. The van der Waals surface area contributed by atoms with Gasteiger partial charge < -0.3 is 15.4 Å². The summed E-state index contributed by atoms with van der Waals surface area (Å²) in [6.45, 7) is 2.99. The van der Waals surface area contributed by atoms with Gasteiger partial charge in [-0.15, -0.1) is 0 Å². The third kappa shape index (κ3) is 1.88. The lowest BCUT2D eigenvalue weighted by atomic mass is 10.4. The van der Waals surface area contributed by atoms with E-state index in [2.05, 4.69) is 9.97 Å². The van der Waals surface area contributed by atoms with Gasteiger partial charge in [0, 0.05) is 13.1 Å². The molecule has 6 heteroatoms.